The summed E-state index contributed by atoms with van der Waals surface area (Å²) >= 11 is 3.42. The number of ether oxygens (including phenoxy) is 2. The molecule has 6 nitrogen and oxygen atoms in total. The third-order valence-electron chi connectivity index (χ3n) is 3.57. The first-order valence-electron chi connectivity index (χ1n) is 7.72. The third kappa shape index (κ3) is 3.90. The van der Waals surface area contributed by atoms with Gasteiger partial charge in [-0.05, 0) is 38.5 Å². The highest BCUT2D eigenvalue weighted by Crippen LogP contribution is 2.36. The summed E-state index contributed by atoms with van der Waals surface area (Å²) in [7, 11) is 1.55. The van der Waals surface area contributed by atoms with Crippen molar-refractivity contribution in [2.75, 3.05) is 7.11 Å². The van der Waals surface area contributed by atoms with Gasteiger partial charge in [-0.15, -0.1) is 0 Å². The lowest BCUT2D eigenvalue weighted by Crippen LogP contribution is -2.46. The summed E-state index contributed by atoms with van der Waals surface area (Å²) in [5.41, 5.74) is 1.63. The molecule has 24 heavy (non-hydrogen) atoms. The molecule has 1 aromatic carbocycles. The minimum absolute atomic E-state index is 0.259. The van der Waals surface area contributed by atoms with Gasteiger partial charge in [0.1, 0.15) is 5.75 Å². The number of hydrogen-bond donors (Lipinski definition) is 2. The monoisotopic (exact) mass is 396 g/mol. The summed E-state index contributed by atoms with van der Waals surface area (Å²) in [6, 6.07) is 4.43. The van der Waals surface area contributed by atoms with Crippen LogP contribution in [0.4, 0.5) is 4.79 Å². The fourth-order valence-electron chi connectivity index (χ4n) is 2.58. The Morgan fingerprint density at radius 2 is 2.08 bits per heavy atom. The van der Waals surface area contributed by atoms with Crippen LogP contribution in [0.5, 0.6) is 5.75 Å². The van der Waals surface area contributed by atoms with Gasteiger partial charge in [-0.2, -0.15) is 0 Å². The second-order valence-corrected chi connectivity index (χ2v) is 6.53. The quantitative estimate of drug-likeness (QED) is 0.747. The van der Waals surface area contributed by atoms with Crippen molar-refractivity contribution in [1.82, 2.24) is 10.6 Å². The molecule has 1 aliphatic rings. The van der Waals surface area contributed by atoms with E-state index in [1.54, 1.807) is 27.0 Å². The van der Waals surface area contributed by atoms with Gasteiger partial charge in [0.2, 0.25) is 0 Å². The fraction of sp³-hybridized carbons (Fsp3) is 0.412. The summed E-state index contributed by atoms with van der Waals surface area (Å²) in [6.07, 6.45) is 0.244. The lowest BCUT2D eigenvalue weighted by atomic mass is 9.93. The van der Waals surface area contributed by atoms with Crippen molar-refractivity contribution >= 4 is 27.9 Å². The summed E-state index contributed by atoms with van der Waals surface area (Å²) in [6.45, 7) is 5.44. The molecule has 2 N–H and O–H groups in total. The summed E-state index contributed by atoms with van der Waals surface area (Å²) in [4.78, 5) is 24.7. The number of carbonyl (C=O) groups is 2. The standard InChI is InChI=1S/C17H21BrN2O4/c1-5-12-14(16(21)24-9(2)3)15(20-17(22)19-12)11-8-10(18)6-7-13(11)23-4/h6-9,15H,5H2,1-4H3,(H2,19,20,22). The molecule has 0 saturated carbocycles. The highest BCUT2D eigenvalue weighted by molar-refractivity contribution is 9.10. The number of amides is 2. The molecule has 2 rings (SSSR count). The van der Waals surface area contributed by atoms with Gasteiger partial charge in [-0.25, -0.2) is 9.59 Å². The van der Waals surface area contributed by atoms with Crippen LogP contribution >= 0.6 is 15.9 Å². The van der Waals surface area contributed by atoms with Gasteiger partial charge >= 0.3 is 12.0 Å². The second-order valence-electron chi connectivity index (χ2n) is 5.62. The normalized spacial score (nSPS) is 17.4. The number of rotatable bonds is 5. The van der Waals surface area contributed by atoms with E-state index < -0.39 is 12.0 Å². The Balaban J connectivity index is 2.58. The van der Waals surface area contributed by atoms with Crippen molar-refractivity contribution in [2.24, 2.45) is 0 Å². The van der Waals surface area contributed by atoms with Crippen LogP contribution < -0.4 is 15.4 Å². The molecule has 0 saturated heterocycles. The summed E-state index contributed by atoms with van der Waals surface area (Å²) in [5, 5.41) is 5.49. The predicted molar refractivity (Wildman–Crippen MR) is 93.6 cm³/mol. The number of nitrogens with one attached hydrogen (secondary N) is 2. The van der Waals surface area contributed by atoms with Crippen LogP contribution in [0.3, 0.4) is 0 Å². The van der Waals surface area contributed by atoms with Gasteiger partial charge in [0.15, 0.2) is 0 Å². The smallest absolute Gasteiger partial charge is 0.338 e. The first kappa shape index (κ1) is 18.3. The van der Waals surface area contributed by atoms with Gasteiger partial charge in [0.05, 0.1) is 24.8 Å². The van der Waals surface area contributed by atoms with Crippen molar-refractivity contribution in [3.63, 3.8) is 0 Å². The molecule has 0 fully saturated rings. The zero-order valence-electron chi connectivity index (χ0n) is 14.1. The Hall–Kier alpha value is -2.02. The lowest BCUT2D eigenvalue weighted by Gasteiger charge is -2.30. The maximum Gasteiger partial charge on any atom is 0.338 e. The Morgan fingerprint density at radius 1 is 1.38 bits per heavy atom. The van der Waals surface area contributed by atoms with E-state index >= 15 is 0 Å². The molecule has 130 valence electrons. The Kier molecular flexibility index (Phi) is 5.88. The molecule has 1 aliphatic heterocycles. The van der Waals surface area contributed by atoms with Crippen LogP contribution in [0.2, 0.25) is 0 Å². The van der Waals surface area contributed by atoms with Crippen LogP contribution in [0.15, 0.2) is 33.9 Å². The average molecular weight is 397 g/mol. The van der Waals surface area contributed by atoms with Crippen molar-refractivity contribution < 1.29 is 19.1 Å². The molecule has 7 heteroatoms. The summed E-state index contributed by atoms with van der Waals surface area (Å²) < 4.78 is 11.6. The highest BCUT2D eigenvalue weighted by atomic mass is 79.9. The van der Waals surface area contributed by atoms with E-state index in [9.17, 15) is 9.59 Å². The first-order valence-corrected chi connectivity index (χ1v) is 8.51. The topological polar surface area (TPSA) is 76.7 Å². The van der Waals surface area contributed by atoms with Gasteiger partial charge in [0, 0.05) is 15.7 Å². The number of hydrogen-bond acceptors (Lipinski definition) is 4. The number of allylic oxidation sites excluding steroid dienone is 1. The SMILES string of the molecule is CCC1=C(C(=O)OC(C)C)C(c2cc(Br)ccc2OC)NC(=O)N1. The molecule has 0 spiro atoms. The van der Waals surface area contributed by atoms with Gasteiger partial charge < -0.3 is 20.1 Å². The van der Waals surface area contributed by atoms with E-state index in [0.717, 1.165) is 4.47 Å². The van der Waals surface area contributed by atoms with Crippen LogP contribution in [-0.4, -0.2) is 25.2 Å². The van der Waals surface area contributed by atoms with Crippen molar-refractivity contribution in [3.8, 4) is 5.75 Å². The average Bonchev–Trinajstić information content (AvgIpc) is 2.53. The molecule has 1 heterocycles. The maximum atomic E-state index is 12.6. The van der Waals surface area contributed by atoms with Crippen LogP contribution in [0, 0.1) is 0 Å². The molecule has 1 unspecified atom stereocenters. The van der Waals surface area contributed by atoms with Crippen molar-refractivity contribution in [3.05, 3.63) is 39.5 Å². The predicted octanol–water partition coefficient (Wildman–Crippen LogP) is 3.43. The lowest BCUT2D eigenvalue weighted by molar-refractivity contribution is -0.143. The number of urea groups is 1. The van der Waals surface area contributed by atoms with Gasteiger partial charge in [-0.3, -0.25) is 0 Å². The number of benzene rings is 1. The molecular weight excluding hydrogens is 376 g/mol. The van der Waals surface area contributed by atoms with Crippen LogP contribution in [-0.2, 0) is 9.53 Å². The van der Waals surface area contributed by atoms with E-state index in [1.807, 2.05) is 19.1 Å². The maximum absolute atomic E-state index is 12.6. The van der Waals surface area contributed by atoms with Gasteiger partial charge in [-0.1, -0.05) is 22.9 Å². The molecule has 0 aromatic heterocycles. The number of halogens is 1. The Bertz CT molecular complexity index is 685. The van der Waals surface area contributed by atoms with Crippen LogP contribution in [0.1, 0.15) is 38.8 Å². The number of carbonyl (C=O) groups excluding carboxylic acids is 2. The molecule has 2 amide bonds. The first-order chi connectivity index (χ1) is 11.4. The fourth-order valence-corrected chi connectivity index (χ4v) is 2.96. The zero-order valence-corrected chi connectivity index (χ0v) is 15.7. The molecule has 0 bridgehead atoms. The minimum Gasteiger partial charge on any atom is -0.496 e. The van der Waals surface area contributed by atoms with E-state index in [0.29, 0.717) is 29.0 Å². The summed E-state index contributed by atoms with van der Waals surface area (Å²) in [5.74, 6) is 0.122. The molecule has 0 aliphatic carbocycles. The minimum atomic E-state index is -0.646. The molecular formula is C17H21BrN2O4. The van der Waals surface area contributed by atoms with Gasteiger partial charge in [0.25, 0.3) is 0 Å². The second kappa shape index (κ2) is 7.70. The van der Waals surface area contributed by atoms with Crippen LogP contribution in [0.25, 0.3) is 0 Å². The van der Waals surface area contributed by atoms with Crippen molar-refractivity contribution in [2.45, 2.75) is 39.3 Å². The van der Waals surface area contributed by atoms with E-state index in [1.165, 1.54) is 0 Å². The Labute approximate surface area is 149 Å². The largest absolute Gasteiger partial charge is 0.496 e. The Morgan fingerprint density at radius 3 is 2.67 bits per heavy atom. The zero-order chi connectivity index (χ0) is 17.9. The molecule has 0 radical (unpaired) electrons. The number of methoxy groups -OCH3 is 1. The van der Waals surface area contributed by atoms with E-state index in [4.69, 9.17) is 9.47 Å². The molecule has 1 atom stereocenters. The van der Waals surface area contributed by atoms with E-state index in [2.05, 4.69) is 26.6 Å². The van der Waals surface area contributed by atoms with Crippen molar-refractivity contribution in [1.29, 1.82) is 0 Å². The number of esters is 1. The molecule has 1 aromatic rings. The highest BCUT2D eigenvalue weighted by Gasteiger charge is 2.35. The van der Waals surface area contributed by atoms with E-state index in [-0.39, 0.29) is 12.1 Å². The third-order valence-corrected chi connectivity index (χ3v) is 4.07.